The maximum absolute atomic E-state index is 10.6. The zero-order valence-corrected chi connectivity index (χ0v) is 7.26. The third kappa shape index (κ3) is 4.70. The Morgan fingerprint density at radius 2 is 1.71 bits per heavy atom. The molecule has 0 aromatic heterocycles. The van der Waals surface area contributed by atoms with Crippen molar-refractivity contribution in [3.63, 3.8) is 0 Å². The minimum absolute atomic E-state index is 0.459. The van der Waals surface area contributed by atoms with Gasteiger partial charge in [-0.3, -0.25) is 0 Å². The summed E-state index contributed by atoms with van der Waals surface area (Å²) < 4.78 is 4.18. The number of rotatable bonds is 4. The van der Waals surface area contributed by atoms with Gasteiger partial charge in [-0.15, -0.1) is 0 Å². The van der Waals surface area contributed by atoms with Gasteiger partial charge in [-0.1, -0.05) is 0 Å². The van der Waals surface area contributed by atoms with Crippen LogP contribution < -0.4 is 0 Å². The van der Waals surface area contributed by atoms with E-state index in [1.807, 2.05) is 0 Å². The Balaban J connectivity index is 4.78. The first kappa shape index (κ1) is 11.9. The maximum Gasteiger partial charge on any atom is 0.335 e. The van der Waals surface area contributed by atoms with Gasteiger partial charge < -0.3 is 14.9 Å². The van der Waals surface area contributed by atoms with Crippen LogP contribution in [0, 0.1) is 0 Å². The Labute approximate surface area is 79.1 Å². The Bertz CT molecular complexity index is 312. The molecule has 0 aliphatic heterocycles. The van der Waals surface area contributed by atoms with Crippen molar-refractivity contribution in [1.29, 1.82) is 0 Å². The average Bonchev–Trinajstić information content (AvgIpc) is 2.10. The molecular weight excluding hydrogens is 192 g/mol. The highest BCUT2D eigenvalue weighted by Crippen LogP contribution is 1.98. The Hall–Kier alpha value is -2.11. The summed E-state index contributed by atoms with van der Waals surface area (Å²) in [5, 5.41) is 16.7. The quantitative estimate of drug-likeness (QED) is 0.370. The van der Waals surface area contributed by atoms with Gasteiger partial charge in [0.15, 0.2) is 0 Å². The molecule has 0 aliphatic carbocycles. The molecule has 0 atom stereocenters. The molecule has 0 aromatic rings. The molecule has 6 nitrogen and oxygen atoms in total. The first-order chi connectivity index (χ1) is 6.47. The summed E-state index contributed by atoms with van der Waals surface area (Å²) in [5.74, 6) is -3.58. The van der Waals surface area contributed by atoms with E-state index >= 15 is 0 Å². The number of methoxy groups -OCH3 is 1. The largest absolute Gasteiger partial charge is 0.478 e. The van der Waals surface area contributed by atoms with Crippen LogP contribution in [0.4, 0.5) is 0 Å². The molecule has 76 valence electrons. The van der Waals surface area contributed by atoms with Gasteiger partial charge in [0.25, 0.3) is 0 Å². The fourth-order valence-corrected chi connectivity index (χ4v) is 0.528. The predicted molar refractivity (Wildman–Crippen MR) is 44.5 cm³/mol. The van der Waals surface area contributed by atoms with E-state index in [1.54, 1.807) is 0 Å². The summed E-state index contributed by atoms with van der Waals surface area (Å²) in [6.07, 6.45) is 2.09. The number of hydrogen-bond acceptors (Lipinski definition) is 4. The van der Waals surface area contributed by atoms with Gasteiger partial charge in [-0.2, -0.15) is 0 Å². The molecule has 0 saturated heterocycles. The number of hydrogen-bond donors (Lipinski definition) is 2. The second-order valence-corrected chi connectivity index (χ2v) is 2.10. The number of ether oxygens (including phenoxy) is 1. The van der Waals surface area contributed by atoms with Crippen molar-refractivity contribution >= 4 is 17.9 Å². The zero-order chi connectivity index (χ0) is 11.1. The summed E-state index contributed by atoms with van der Waals surface area (Å²) in [4.78, 5) is 31.1. The number of carbonyl (C=O) groups excluding carboxylic acids is 1. The van der Waals surface area contributed by atoms with Crippen LogP contribution in [0.3, 0.4) is 0 Å². The summed E-state index contributed by atoms with van der Waals surface area (Å²) in [6, 6.07) is 0. The van der Waals surface area contributed by atoms with E-state index in [4.69, 9.17) is 10.2 Å². The van der Waals surface area contributed by atoms with E-state index in [9.17, 15) is 14.4 Å². The molecule has 0 spiro atoms. The summed E-state index contributed by atoms with van der Waals surface area (Å²) in [7, 11) is 1.08. The van der Waals surface area contributed by atoms with Crippen LogP contribution in [0.25, 0.3) is 0 Å². The van der Waals surface area contributed by atoms with E-state index in [1.165, 1.54) is 0 Å². The van der Waals surface area contributed by atoms with Crippen molar-refractivity contribution in [3.05, 3.63) is 23.8 Å². The van der Waals surface area contributed by atoms with E-state index in [0.717, 1.165) is 13.2 Å². The molecule has 0 saturated carbocycles. The van der Waals surface area contributed by atoms with Gasteiger partial charge in [0, 0.05) is 12.2 Å². The average molecular weight is 200 g/mol. The normalized spacial score (nSPS) is 11.4. The lowest BCUT2D eigenvalue weighted by Crippen LogP contribution is -2.04. The Morgan fingerprint density at radius 1 is 1.14 bits per heavy atom. The van der Waals surface area contributed by atoms with Gasteiger partial charge >= 0.3 is 17.9 Å². The first-order valence-electron chi connectivity index (χ1n) is 3.41. The van der Waals surface area contributed by atoms with Crippen LogP contribution >= 0.6 is 0 Å². The molecule has 0 fully saturated rings. The molecule has 0 radical (unpaired) electrons. The minimum Gasteiger partial charge on any atom is -0.478 e. The lowest BCUT2D eigenvalue weighted by atomic mass is 10.2. The van der Waals surface area contributed by atoms with Gasteiger partial charge in [-0.05, 0) is 6.08 Å². The highest BCUT2D eigenvalue weighted by molar-refractivity contribution is 5.98. The second-order valence-electron chi connectivity index (χ2n) is 2.10. The number of esters is 1. The van der Waals surface area contributed by atoms with Crippen LogP contribution in [0.15, 0.2) is 23.8 Å². The van der Waals surface area contributed by atoms with E-state index in [-0.39, 0.29) is 0 Å². The third-order valence-electron chi connectivity index (χ3n) is 1.13. The van der Waals surface area contributed by atoms with Gasteiger partial charge in [-0.25, -0.2) is 14.4 Å². The van der Waals surface area contributed by atoms with E-state index in [2.05, 4.69) is 4.74 Å². The SMILES string of the molecule is COC(=O)/C=C(\C=C/C(=O)O)C(=O)O. The van der Waals surface area contributed by atoms with Crippen molar-refractivity contribution in [2.24, 2.45) is 0 Å². The van der Waals surface area contributed by atoms with Crippen LogP contribution in [0.2, 0.25) is 0 Å². The molecule has 0 amide bonds. The number of aliphatic carboxylic acids is 2. The summed E-state index contributed by atoms with van der Waals surface area (Å²) in [5.41, 5.74) is -0.459. The smallest absolute Gasteiger partial charge is 0.335 e. The fraction of sp³-hybridized carbons (Fsp3) is 0.125. The molecule has 0 bridgehead atoms. The molecule has 0 unspecified atom stereocenters. The number of carboxylic acids is 2. The number of carboxylic acid groups (broad SMARTS) is 2. The summed E-state index contributed by atoms with van der Waals surface area (Å²) in [6.45, 7) is 0. The standard InChI is InChI=1S/C8H8O6/c1-14-7(11)4-5(8(12)13)2-3-6(9)10/h2-4H,1H3,(H,9,10)(H,12,13)/b3-2-,5-4+. The fourth-order valence-electron chi connectivity index (χ4n) is 0.528. The Kier molecular flexibility index (Phi) is 4.69. The second kappa shape index (κ2) is 5.52. The Morgan fingerprint density at radius 3 is 2.07 bits per heavy atom. The van der Waals surface area contributed by atoms with E-state index < -0.39 is 23.5 Å². The molecule has 6 heteroatoms. The summed E-state index contributed by atoms with van der Waals surface area (Å²) >= 11 is 0. The predicted octanol–water partition coefficient (Wildman–Crippen LogP) is -0.189. The van der Waals surface area contributed by atoms with Crippen molar-refractivity contribution in [3.8, 4) is 0 Å². The van der Waals surface area contributed by atoms with E-state index in [0.29, 0.717) is 12.2 Å². The number of carbonyl (C=O) groups is 3. The van der Waals surface area contributed by atoms with Crippen molar-refractivity contribution in [2.45, 2.75) is 0 Å². The maximum atomic E-state index is 10.6. The molecule has 0 aliphatic rings. The monoisotopic (exact) mass is 200 g/mol. The topological polar surface area (TPSA) is 101 Å². The van der Waals surface area contributed by atoms with Crippen LogP contribution in [0.5, 0.6) is 0 Å². The lowest BCUT2D eigenvalue weighted by molar-refractivity contribution is -0.136. The van der Waals surface area contributed by atoms with Gasteiger partial charge in [0.2, 0.25) is 0 Å². The molecule has 0 rings (SSSR count). The van der Waals surface area contributed by atoms with Crippen molar-refractivity contribution < 1.29 is 29.3 Å². The zero-order valence-electron chi connectivity index (χ0n) is 7.26. The van der Waals surface area contributed by atoms with Gasteiger partial charge in [0.1, 0.15) is 0 Å². The van der Waals surface area contributed by atoms with Gasteiger partial charge in [0.05, 0.1) is 12.7 Å². The van der Waals surface area contributed by atoms with Crippen LogP contribution in [-0.4, -0.2) is 35.2 Å². The van der Waals surface area contributed by atoms with Crippen LogP contribution in [0.1, 0.15) is 0 Å². The molecule has 2 N–H and O–H groups in total. The molecular formula is C8H8O6. The highest BCUT2D eigenvalue weighted by Gasteiger charge is 2.06. The first-order valence-corrected chi connectivity index (χ1v) is 3.41. The van der Waals surface area contributed by atoms with Crippen molar-refractivity contribution in [2.75, 3.05) is 7.11 Å². The third-order valence-corrected chi connectivity index (χ3v) is 1.13. The highest BCUT2D eigenvalue weighted by atomic mass is 16.5. The molecule has 14 heavy (non-hydrogen) atoms. The van der Waals surface area contributed by atoms with Crippen molar-refractivity contribution in [1.82, 2.24) is 0 Å². The molecule has 0 aromatic carbocycles. The lowest BCUT2D eigenvalue weighted by Gasteiger charge is -1.93. The molecule has 0 heterocycles. The van der Waals surface area contributed by atoms with Crippen LogP contribution in [-0.2, 0) is 19.1 Å². The minimum atomic E-state index is -1.41.